The van der Waals surface area contributed by atoms with Gasteiger partial charge in [-0.25, -0.2) is 0 Å². The van der Waals surface area contributed by atoms with Gasteiger partial charge in [-0.1, -0.05) is 58.0 Å². The number of rotatable bonds is 2. The van der Waals surface area contributed by atoms with E-state index in [-0.39, 0.29) is 11.3 Å². The van der Waals surface area contributed by atoms with E-state index >= 15 is 0 Å². The van der Waals surface area contributed by atoms with Crippen LogP contribution in [0, 0.1) is 11.3 Å². The molecule has 1 atom stereocenters. The van der Waals surface area contributed by atoms with E-state index < -0.39 is 5.79 Å². The Morgan fingerprint density at radius 2 is 1.47 bits per heavy atom. The van der Waals surface area contributed by atoms with E-state index in [1.54, 1.807) is 12.1 Å². The molecule has 0 aliphatic heterocycles. The van der Waals surface area contributed by atoms with Crippen LogP contribution in [0.4, 0.5) is 0 Å². The summed E-state index contributed by atoms with van der Waals surface area (Å²) in [6, 6.07) is 8.96. The van der Waals surface area contributed by atoms with E-state index in [9.17, 15) is 10.2 Å². The summed E-state index contributed by atoms with van der Waals surface area (Å²) in [6.07, 6.45) is 0. The van der Waals surface area contributed by atoms with E-state index in [1.165, 1.54) is 0 Å². The summed E-state index contributed by atoms with van der Waals surface area (Å²) in [5, 5.41) is 20.3. The zero-order chi connectivity index (χ0) is 11.7. The van der Waals surface area contributed by atoms with Gasteiger partial charge in [-0.05, 0) is 5.41 Å². The van der Waals surface area contributed by atoms with Crippen molar-refractivity contribution >= 4 is 0 Å². The molecule has 2 nitrogen and oxygen atoms in total. The fourth-order valence-electron chi connectivity index (χ4n) is 1.54. The molecular formula is C13H20O2. The fraction of sp³-hybridized carbons (Fsp3) is 0.538. The Morgan fingerprint density at radius 3 is 1.87 bits per heavy atom. The minimum atomic E-state index is -1.76. The normalized spacial score (nSPS) is 15.1. The van der Waals surface area contributed by atoms with Crippen molar-refractivity contribution in [3.8, 4) is 0 Å². The molecular weight excluding hydrogens is 188 g/mol. The van der Waals surface area contributed by atoms with Crippen LogP contribution in [0.15, 0.2) is 30.3 Å². The van der Waals surface area contributed by atoms with Crippen LogP contribution in [0.25, 0.3) is 0 Å². The number of hydrogen-bond donors (Lipinski definition) is 2. The van der Waals surface area contributed by atoms with Gasteiger partial charge < -0.3 is 10.2 Å². The second-order valence-electron chi connectivity index (χ2n) is 5.18. The standard InChI is InChI=1S/C13H20O2/c1-10(12(2,3)4)13(14,15)11-8-6-5-7-9-11/h5-10,14-15H,1-4H3. The van der Waals surface area contributed by atoms with E-state index in [2.05, 4.69) is 0 Å². The Kier molecular flexibility index (Phi) is 3.22. The Balaban J connectivity index is 3.03. The Bertz CT molecular complexity index is 309. The van der Waals surface area contributed by atoms with Crippen LogP contribution >= 0.6 is 0 Å². The highest BCUT2D eigenvalue weighted by atomic mass is 16.5. The molecule has 0 fully saturated rings. The third kappa shape index (κ3) is 2.58. The zero-order valence-electron chi connectivity index (χ0n) is 9.86. The summed E-state index contributed by atoms with van der Waals surface area (Å²) in [5.41, 5.74) is 0.395. The second-order valence-corrected chi connectivity index (χ2v) is 5.18. The van der Waals surface area contributed by atoms with Crippen LogP contribution in [-0.4, -0.2) is 10.2 Å². The molecule has 15 heavy (non-hydrogen) atoms. The van der Waals surface area contributed by atoms with Crippen molar-refractivity contribution in [1.29, 1.82) is 0 Å². The molecule has 1 aromatic rings. The van der Waals surface area contributed by atoms with Gasteiger partial charge in [-0.2, -0.15) is 0 Å². The van der Waals surface area contributed by atoms with Crippen LogP contribution < -0.4 is 0 Å². The van der Waals surface area contributed by atoms with Crippen molar-refractivity contribution < 1.29 is 10.2 Å². The van der Waals surface area contributed by atoms with Gasteiger partial charge in [0, 0.05) is 11.5 Å². The van der Waals surface area contributed by atoms with Crippen molar-refractivity contribution in [2.24, 2.45) is 11.3 Å². The van der Waals surface area contributed by atoms with Crippen LogP contribution in [0.1, 0.15) is 33.3 Å². The Hall–Kier alpha value is -0.860. The SMILES string of the molecule is CC(C(C)(C)C)C(O)(O)c1ccccc1. The summed E-state index contributed by atoms with van der Waals surface area (Å²) in [6.45, 7) is 7.86. The van der Waals surface area contributed by atoms with Crippen molar-refractivity contribution in [1.82, 2.24) is 0 Å². The van der Waals surface area contributed by atoms with E-state index in [0.717, 1.165) is 0 Å². The molecule has 1 unspecified atom stereocenters. The summed E-state index contributed by atoms with van der Waals surface area (Å²) in [7, 11) is 0. The highest BCUT2D eigenvalue weighted by Gasteiger charge is 2.39. The molecule has 0 amide bonds. The van der Waals surface area contributed by atoms with Crippen molar-refractivity contribution in [2.45, 2.75) is 33.5 Å². The second kappa shape index (κ2) is 3.95. The van der Waals surface area contributed by atoms with Crippen molar-refractivity contribution in [2.75, 3.05) is 0 Å². The third-order valence-corrected chi connectivity index (χ3v) is 3.10. The first-order chi connectivity index (χ1) is 6.76. The smallest absolute Gasteiger partial charge is 0.192 e. The van der Waals surface area contributed by atoms with Gasteiger partial charge in [0.25, 0.3) is 0 Å². The lowest BCUT2D eigenvalue weighted by atomic mass is 9.75. The molecule has 0 spiro atoms. The Labute approximate surface area is 91.6 Å². The monoisotopic (exact) mass is 208 g/mol. The van der Waals surface area contributed by atoms with Crippen molar-refractivity contribution in [3.63, 3.8) is 0 Å². The molecule has 0 aliphatic rings. The van der Waals surface area contributed by atoms with Crippen LogP contribution in [0.5, 0.6) is 0 Å². The van der Waals surface area contributed by atoms with E-state index in [4.69, 9.17) is 0 Å². The molecule has 0 bridgehead atoms. The molecule has 0 radical (unpaired) electrons. The highest BCUT2D eigenvalue weighted by molar-refractivity contribution is 5.20. The first-order valence-corrected chi connectivity index (χ1v) is 5.26. The largest absolute Gasteiger partial charge is 0.362 e. The average Bonchev–Trinajstić information content (AvgIpc) is 2.16. The number of aliphatic hydroxyl groups is 2. The van der Waals surface area contributed by atoms with Crippen molar-refractivity contribution in [3.05, 3.63) is 35.9 Å². The quantitative estimate of drug-likeness (QED) is 0.733. The average molecular weight is 208 g/mol. The van der Waals surface area contributed by atoms with Gasteiger partial charge in [0.1, 0.15) is 0 Å². The molecule has 0 heterocycles. The first-order valence-electron chi connectivity index (χ1n) is 5.26. The van der Waals surface area contributed by atoms with Gasteiger partial charge in [-0.3, -0.25) is 0 Å². The first kappa shape index (κ1) is 12.2. The summed E-state index contributed by atoms with van der Waals surface area (Å²) in [5.74, 6) is -2.01. The fourth-order valence-corrected chi connectivity index (χ4v) is 1.54. The van der Waals surface area contributed by atoms with Crippen LogP contribution in [0.2, 0.25) is 0 Å². The molecule has 1 rings (SSSR count). The maximum atomic E-state index is 10.1. The van der Waals surface area contributed by atoms with Gasteiger partial charge in [0.05, 0.1) is 0 Å². The van der Waals surface area contributed by atoms with E-state index in [1.807, 2.05) is 45.9 Å². The lowest BCUT2D eigenvalue weighted by Gasteiger charge is -2.37. The highest BCUT2D eigenvalue weighted by Crippen LogP contribution is 2.38. The molecule has 2 N–H and O–H groups in total. The lowest BCUT2D eigenvalue weighted by Crippen LogP contribution is -2.40. The van der Waals surface area contributed by atoms with Gasteiger partial charge in [0.2, 0.25) is 0 Å². The predicted molar refractivity (Wildman–Crippen MR) is 61.2 cm³/mol. The molecule has 0 aliphatic carbocycles. The molecule has 1 aromatic carbocycles. The molecule has 84 valence electrons. The lowest BCUT2D eigenvalue weighted by molar-refractivity contribution is -0.227. The molecule has 0 saturated carbocycles. The third-order valence-electron chi connectivity index (χ3n) is 3.10. The molecule has 0 saturated heterocycles. The number of benzene rings is 1. The molecule has 0 aromatic heterocycles. The predicted octanol–water partition coefficient (Wildman–Crippen LogP) is 2.51. The topological polar surface area (TPSA) is 40.5 Å². The molecule has 2 heteroatoms. The zero-order valence-corrected chi connectivity index (χ0v) is 9.86. The van der Waals surface area contributed by atoms with E-state index in [0.29, 0.717) is 5.56 Å². The minimum absolute atomic E-state index is 0.153. The number of hydrogen-bond acceptors (Lipinski definition) is 2. The van der Waals surface area contributed by atoms with Crippen LogP contribution in [-0.2, 0) is 5.79 Å². The summed E-state index contributed by atoms with van der Waals surface area (Å²) in [4.78, 5) is 0. The van der Waals surface area contributed by atoms with Gasteiger partial charge >= 0.3 is 0 Å². The van der Waals surface area contributed by atoms with Crippen LogP contribution in [0.3, 0.4) is 0 Å². The van der Waals surface area contributed by atoms with Gasteiger partial charge in [-0.15, -0.1) is 0 Å². The Morgan fingerprint density at radius 1 is 1.00 bits per heavy atom. The minimum Gasteiger partial charge on any atom is -0.362 e. The summed E-state index contributed by atoms with van der Waals surface area (Å²) >= 11 is 0. The van der Waals surface area contributed by atoms with Gasteiger partial charge in [0.15, 0.2) is 5.79 Å². The summed E-state index contributed by atoms with van der Waals surface area (Å²) < 4.78 is 0. The maximum absolute atomic E-state index is 10.1. The maximum Gasteiger partial charge on any atom is 0.192 e.